The number of carbonyl (C=O) groups is 2. The predicted octanol–water partition coefficient (Wildman–Crippen LogP) is 9.28. The largest absolute Gasteiger partial charge is 0.472 e. The van der Waals surface area contributed by atoms with Crippen LogP contribution < -0.4 is 0 Å². The van der Waals surface area contributed by atoms with Crippen LogP contribution in [0.3, 0.4) is 0 Å². The lowest BCUT2D eigenvalue weighted by molar-refractivity contribution is -0.161. The Kier molecular flexibility index (Phi) is 38.5. The van der Waals surface area contributed by atoms with E-state index in [9.17, 15) is 38.9 Å². The van der Waals surface area contributed by atoms with Crippen LogP contribution in [0.4, 0.5) is 0 Å². The van der Waals surface area contributed by atoms with Gasteiger partial charge in [-0.25, -0.2) is 9.13 Å². The number of phosphoric ester groups is 2. The predicted molar refractivity (Wildman–Crippen MR) is 246 cm³/mol. The van der Waals surface area contributed by atoms with E-state index in [0.717, 1.165) is 51.4 Å². The number of aliphatic hydroxyl groups excluding tert-OH is 3. The molecule has 0 aromatic rings. The maximum absolute atomic E-state index is 12.7. The van der Waals surface area contributed by atoms with Gasteiger partial charge in [0.05, 0.1) is 32.0 Å². The zero-order valence-electron chi connectivity index (χ0n) is 37.4. The van der Waals surface area contributed by atoms with Gasteiger partial charge in [-0.15, -0.1) is 0 Å². The van der Waals surface area contributed by atoms with Crippen molar-refractivity contribution in [1.82, 2.24) is 0 Å². The number of hydrogen-bond acceptors (Lipinski definition) is 12. The number of aliphatic hydroxyl groups is 3. The third kappa shape index (κ3) is 44.0. The molecule has 17 heteroatoms. The van der Waals surface area contributed by atoms with Gasteiger partial charge in [-0.1, -0.05) is 143 Å². The second-order valence-electron chi connectivity index (χ2n) is 14.7. The van der Waals surface area contributed by atoms with Crippen molar-refractivity contribution < 1.29 is 71.8 Å². The summed E-state index contributed by atoms with van der Waals surface area (Å²) in [4.78, 5) is 52.7. The lowest BCUT2D eigenvalue weighted by atomic mass is 10.1. The number of unbranched alkanes of at least 4 members (excludes halogenated alkanes) is 6. The summed E-state index contributed by atoms with van der Waals surface area (Å²) in [6.07, 6.45) is 40.4. The van der Waals surface area contributed by atoms with Gasteiger partial charge in [0.25, 0.3) is 0 Å². The lowest BCUT2D eigenvalue weighted by Gasteiger charge is -2.20. The van der Waals surface area contributed by atoms with Crippen molar-refractivity contribution in [2.24, 2.45) is 0 Å². The van der Waals surface area contributed by atoms with E-state index in [-0.39, 0.29) is 25.7 Å². The van der Waals surface area contributed by atoms with Crippen LogP contribution in [-0.4, -0.2) is 92.8 Å². The van der Waals surface area contributed by atoms with Crippen LogP contribution in [-0.2, 0) is 41.8 Å². The van der Waals surface area contributed by atoms with Gasteiger partial charge in [0.2, 0.25) is 0 Å². The average molecular weight is 931 g/mol. The molecule has 360 valence electrons. The van der Waals surface area contributed by atoms with Crippen molar-refractivity contribution in [3.8, 4) is 0 Å². The molecular weight excluding hydrogens is 854 g/mol. The molecule has 0 bridgehead atoms. The van der Waals surface area contributed by atoms with Crippen molar-refractivity contribution in [2.75, 3.05) is 26.4 Å². The highest BCUT2D eigenvalue weighted by Crippen LogP contribution is 2.43. The van der Waals surface area contributed by atoms with Crippen molar-refractivity contribution in [3.05, 3.63) is 97.2 Å². The number of hydrogen-bond donors (Lipinski definition) is 6. The van der Waals surface area contributed by atoms with Crippen molar-refractivity contribution in [1.29, 1.82) is 0 Å². The van der Waals surface area contributed by atoms with Gasteiger partial charge < -0.3 is 39.5 Å². The fourth-order valence-electron chi connectivity index (χ4n) is 5.20. The van der Waals surface area contributed by atoms with Gasteiger partial charge in [0, 0.05) is 12.8 Å². The normalized spacial score (nSPS) is 15.9. The molecule has 0 aliphatic heterocycles. The highest BCUT2D eigenvalue weighted by Gasteiger charge is 2.28. The molecule has 6 N–H and O–H groups in total. The molecule has 0 heterocycles. The number of rotatable bonds is 40. The molecule has 0 spiro atoms. The minimum atomic E-state index is -4.90. The Hall–Kier alpha value is -3.04. The molecule has 5 atom stereocenters. The molecule has 0 aromatic carbocycles. The minimum absolute atomic E-state index is 0.0641. The van der Waals surface area contributed by atoms with Crippen molar-refractivity contribution in [3.63, 3.8) is 0 Å². The van der Waals surface area contributed by atoms with Crippen LogP contribution in [0.2, 0.25) is 0 Å². The summed E-state index contributed by atoms with van der Waals surface area (Å²) in [5, 5.41) is 29.9. The second kappa shape index (κ2) is 40.5. The summed E-state index contributed by atoms with van der Waals surface area (Å²) in [5.41, 5.74) is 0. The Balaban J connectivity index is 4.86. The molecule has 0 saturated heterocycles. The van der Waals surface area contributed by atoms with Gasteiger partial charge in [0.15, 0.2) is 6.10 Å². The molecular formula is C46H76O15P2. The molecule has 0 fully saturated rings. The summed E-state index contributed by atoms with van der Waals surface area (Å²) >= 11 is 0. The number of ether oxygens (including phenoxy) is 2. The summed E-state index contributed by atoms with van der Waals surface area (Å²) in [5.74, 6) is -1.34. The lowest BCUT2D eigenvalue weighted by Crippen LogP contribution is -2.30. The minimum Gasteiger partial charge on any atom is -0.462 e. The first-order valence-corrected chi connectivity index (χ1v) is 25.2. The van der Waals surface area contributed by atoms with Crippen LogP contribution in [0.5, 0.6) is 0 Å². The topological polar surface area (TPSA) is 236 Å². The van der Waals surface area contributed by atoms with Crippen molar-refractivity contribution in [2.45, 2.75) is 154 Å². The fourth-order valence-corrected chi connectivity index (χ4v) is 6.36. The zero-order valence-corrected chi connectivity index (χ0v) is 39.1. The van der Waals surface area contributed by atoms with E-state index in [2.05, 4.69) is 59.4 Å². The standard InChI is InChI=1S/C46H76O15P2/c1-3-5-7-8-9-10-11-12-13-14-15-16-17-18-22-25-29-35-45(50)57-39-44(40-60-63(55,56)59-38-43(49)37-58-62(52,53)54)61-46(51)36-30-34-42(48)33-28-24-21-19-20-23-27-32-41(47)31-26-6-4-2/h9-10,12-13,15-16,18,20-24,27-28,32-33,41-44,47-49H,3-8,11,14,17,19,25-26,29-31,34-40H2,1-2H3,(H,55,56)(H2,52,53,54)/b10-9-,13-12-,16-15-,22-18-,23-20-,24-21-,32-27+,33-28+/t41-,42-,43+,44-/m1/s1. The van der Waals surface area contributed by atoms with Gasteiger partial charge in [-0.3, -0.25) is 23.2 Å². The van der Waals surface area contributed by atoms with Crippen LogP contribution >= 0.6 is 15.6 Å². The molecule has 0 saturated carbocycles. The van der Waals surface area contributed by atoms with E-state index >= 15 is 0 Å². The molecule has 0 radical (unpaired) electrons. The Labute approximate surface area is 375 Å². The highest BCUT2D eigenvalue weighted by atomic mass is 31.2. The summed E-state index contributed by atoms with van der Waals surface area (Å²) in [7, 11) is -9.79. The van der Waals surface area contributed by atoms with E-state index in [1.165, 1.54) is 19.3 Å². The molecule has 1 unspecified atom stereocenters. The molecule has 0 rings (SSSR count). The van der Waals surface area contributed by atoms with Gasteiger partial charge in [0.1, 0.15) is 12.7 Å². The first kappa shape index (κ1) is 60.0. The zero-order chi connectivity index (χ0) is 46.9. The van der Waals surface area contributed by atoms with Crippen molar-refractivity contribution >= 4 is 27.6 Å². The molecule has 0 amide bonds. The molecule has 63 heavy (non-hydrogen) atoms. The van der Waals surface area contributed by atoms with Crippen LogP contribution in [0.15, 0.2) is 97.2 Å². The average Bonchev–Trinajstić information content (AvgIpc) is 3.23. The van der Waals surface area contributed by atoms with E-state index in [1.807, 2.05) is 36.5 Å². The van der Waals surface area contributed by atoms with Crippen LogP contribution in [0.1, 0.15) is 129 Å². The Morgan fingerprint density at radius 2 is 1.00 bits per heavy atom. The molecule has 15 nitrogen and oxygen atoms in total. The third-order valence-corrected chi connectivity index (χ3v) is 10.1. The number of carbonyl (C=O) groups excluding carboxylic acids is 2. The highest BCUT2D eigenvalue weighted by molar-refractivity contribution is 7.47. The van der Waals surface area contributed by atoms with Crippen LogP contribution in [0, 0.1) is 0 Å². The quantitative estimate of drug-likeness (QED) is 0.0110. The van der Waals surface area contributed by atoms with Crippen LogP contribution in [0.25, 0.3) is 0 Å². The summed E-state index contributed by atoms with van der Waals surface area (Å²) < 4.78 is 47.5. The van der Waals surface area contributed by atoms with E-state index in [4.69, 9.17) is 23.8 Å². The Bertz CT molecular complexity index is 1510. The Morgan fingerprint density at radius 1 is 0.524 bits per heavy atom. The fraction of sp³-hybridized carbons (Fsp3) is 0.609. The smallest absolute Gasteiger partial charge is 0.462 e. The second-order valence-corrected chi connectivity index (χ2v) is 17.4. The summed E-state index contributed by atoms with van der Waals surface area (Å²) in [6.45, 7) is 1.29. The van der Waals surface area contributed by atoms with E-state index in [0.29, 0.717) is 19.3 Å². The number of phosphoric acid groups is 2. The van der Waals surface area contributed by atoms with E-state index in [1.54, 1.807) is 24.3 Å². The SMILES string of the molecule is CCCCC/C=C\C/C=C\C/C=C\C/C=C\CCCC(=O)OC[C@H](COP(=O)(O)OC[C@@H](O)COP(=O)(O)O)OC(=O)CCC[C@H](O)/C=C/C=C\C/C=C\C=C\[C@H](O)CCCCC. The molecule has 0 aliphatic carbocycles. The summed E-state index contributed by atoms with van der Waals surface area (Å²) in [6, 6.07) is 0. The van der Waals surface area contributed by atoms with E-state index < -0.39 is 78.4 Å². The first-order valence-electron chi connectivity index (χ1n) is 22.1. The number of esters is 2. The third-order valence-electron chi connectivity index (χ3n) is 8.64. The van der Waals surface area contributed by atoms with Gasteiger partial charge in [-0.05, 0) is 70.6 Å². The monoisotopic (exact) mass is 930 g/mol. The number of allylic oxidation sites excluding steroid dienone is 14. The van der Waals surface area contributed by atoms with Gasteiger partial charge in [-0.2, -0.15) is 0 Å². The molecule has 0 aliphatic rings. The maximum Gasteiger partial charge on any atom is 0.472 e. The van der Waals surface area contributed by atoms with Gasteiger partial charge >= 0.3 is 27.6 Å². The Morgan fingerprint density at radius 3 is 1.57 bits per heavy atom. The maximum atomic E-state index is 12.7. The first-order chi connectivity index (χ1) is 30.2. The molecule has 0 aromatic heterocycles.